The van der Waals surface area contributed by atoms with Gasteiger partial charge in [-0.3, -0.25) is 14.2 Å². The second kappa shape index (κ2) is 8.76. The van der Waals surface area contributed by atoms with E-state index in [1.54, 1.807) is 12.3 Å². The number of halogens is 6. The summed E-state index contributed by atoms with van der Waals surface area (Å²) in [5.74, 6) is -0.856. The lowest BCUT2D eigenvalue weighted by molar-refractivity contribution is -0.117. The number of rotatable bonds is 6. The first-order valence-electron chi connectivity index (χ1n) is 8.14. The lowest BCUT2D eigenvalue weighted by Crippen LogP contribution is -2.21. The SMILES string of the molecule is Cc1c(Cl)c(C(F)F)nn1CC(=O)Nc1nn(Cc2c(F)cccc2Cl)cc1Br. The van der Waals surface area contributed by atoms with Gasteiger partial charge in [0.2, 0.25) is 5.91 Å². The zero-order chi connectivity index (χ0) is 21.3. The van der Waals surface area contributed by atoms with Gasteiger partial charge in [0.1, 0.15) is 18.1 Å². The maximum atomic E-state index is 13.9. The summed E-state index contributed by atoms with van der Waals surface area (Å²) in [5, 5.41) is 10.5. The van der Waals surface area contributed by atoms with E-state index in [2.05, 4.69) is 31.4 Å². The zero-order valence-electron chi connectivity index (χ0n) is 14.8. The molecule has 0 aliphatic heterocycles. The molecule has 0 saturated carbocycles. The molecule has 154 valence electrons. The van der Waals surface area contributed by atoms with Crippen molar-refractivity contribution >= 4 is 50.9 Å². The first-order valence-corrected chi connectivity index (χ1v) is 9.69. The fraction of sp³-hybridized carbons (Fsp3) is 0.235. The van der Waals surface area contributed by atoms with E-state index in [1.807, 2.05) is 0 Å². The third-order valence-corrected chi connectivity index (χ3v) is 5.42. The van der Waals surface area contributed by atoms with Crippen molar-refractivity contribution in [2.24, 2.45) is 0 Å². The molecule has 0 bridgehead atoms. The number of carbonyl (C=O) groups is 1. The van der Waals surface area contributed by atoms with Crippen LogP contribution >= 0.6 is 39.1 Å². The third kappa shape index (κ3) is 4.76. The number of carbonyl (C=O) groups excluding carboxylic acids is 1. The molecule has 29 heavy (non-hydrogen) atoms. The Morgan fingerprint density at radius 3 is 2.66 bits per heavy atom. The number of hydrogen-bond donors (Lipinski definition) is 1. The highest BCUT2D eigenvalue weighted by Gasteiger charge is 2.22. The fourth-order valence-electron chi connectivity index (χ4n) is 2.56. The van der Waals surface area contributed by atoms with Gasteiger partial charge in [-0.1, -0.05) is 29.3 Å². The second-order valence-electron chi connectivity index (χ2n) is 6.01. The van der Waals surface area contributed by atoms with Crippen LogP contribution in [0, 0.1) is 12.7 Å². The minimum absolute atomic E-state index is 0.0472. The summed E-state index contributed by atoms with van der Waals surface area (Å²) < 4.78 is 42.6. The van der Waals surface area contributed by atoms with Gasteiger partial charge in [0.15, 0.2) is 5.82 Å². The maximum Gasteiger partial charge on any atom is 0.283 e. The second-order valence-corrected chi connectivity index (χ2v) is 7.65. The van der Waals surface area contributed by atoms with Crippen molar-refractivity contribution in [3.05, 3.63) is 61.7 Å². The van der Waals surface area contributed by atoms with Crippen molar-refractivity contribution in [2.45, 2.75) is 26.4 Å². The van der Waals surface area contributed by atoms with Gasteiger partial charge in [0, 0.05) is 16.8 Å². The quantitative estimate of drug-likeness (QED) is 0.494. The first-order chi connectivity index (χ1) is 13.7. The molecule has 1 amide bonds. The van der Waals surface area contributed by atoms with Crippen molar-refractivity contribution in [3.8, 4) is 0 Å². The molecule has 2 aromatic heterocycles. The Kier molecular flexibility index (Phi) is 6.55. The monoisotopic (exact) mass is 509 g/mol. The average Bonchev–Trinajstić information content (AvgIpc) is 3.12. The van der Waals surface area contributed by atoms with Crippen LogP contribution in [0.3, 0.4) is 0 Å². The van der Waals surface area contributed by atoms with E-state index in [1.165, 1.54) is 23.7 Å². The third-order valence-electron chi connectivity index (χ3n) is 4.01. The number of nitrogens with one attached hydrogen (secondary N) is 1. The van der Waals surface area contributed by atoms with Gasteiger partial charge in [-0.05, 0) is 35.0 Å². The van der Waals surface area contributed by atoms with Crippen LogP contribution in [-0.4, -0.2) is 25.5 Å². The molecular weight excluding hydrogens is 498 g/mol. The molecule has 1 N–H and O–H groups in total. The Labute approximate surface area is 181 Å². The number of alkyl halides is 2. The summed E-state index contributed by atoms with van der Waals surface area (Å²) in [6.07, 6.45) is -1.30. The molecular formula is C17H13BrCl2F3N5O. The summed E-state index contributed by atoms with van der Waals surface area (Å²) in [5.41, 5.74) is -0.0801. The van der Waals surface area contributed by atoms with Crippen LogP contribution in [0.2, 0.25) is 10.0 Å². The van der Waals surface area contributed by atoms with Crippen LogP contribution < -0.4 is 5.32 Å². The van der Waals surface area contributed by atoms with E-state index < -0.39 is 23.8 Å². The summed E-state index contributed by atoms with van der Waals surface area (Å²) in [7, 11) is 0. The van der Waals surface area contributed by atoms with Crippen molar-refractivity contribution in [1.29, 1.82) is 0 Å². The molecule has 0 unspecified atom stereocenters. The van der Waals surface area contributed by atoms with Crippen molar-refractivity contribution in [2.75, 3.05) is 5.32 Å². The predicted molar refractivity (Wildman–Crippen MR) is 106 cm³/mol. The molecule has 1 aromatic carbocycles. The summed E-state index contributed by atoms with van der Waals surface area (Å²) >= 11 is 15.1. The van der Waals surface area contributed by atoms with Gasteiger partial charge in [0.25, 0.3) is 6.43 Å². The van der Waals surface area contributed by atoms with Crippen LogP contribution in [0.25, 0.3) is 0 Å². The molecule has 2 heterocycles. The average molecular weight is 511 g/mol. The van der Waals surface area contributed by atoms with Gasteiger partial charge in [-0.2, -0.15) is 10.2 Å². The standard InChI is InChI=1S/C17H13BrCl2F3N5O/c1-8-14(20)15(16(22)23)25-28(8)7-13(29)24-17-10(18)6-27(26-17)5-9-11(19)3-2-4-12(9)21/h2-4,6,16H,5,7H2,1H3,(H,24,26,29). The smallest absolute Gasteiger partial charge is 0.283 e. The molecule has 0 radical (unpaired) electrons. The highest BCUT2D eigenvalue weighted by Crippen LogP contribution is 2.29. The van der Waals surface area contributed by atoms with E-state index in [-0.39, 0.29) is 40.2 Å². The van der Waals surface area contributed by atoms with Gasteiger partial charge >= 0.3 is 0 Å². The van der Waals surface area contributed by atoms with Gasteiger partial charge in [-0.15, -0.1) is 0 Å². The highest BCUT2D eigenvalue weighted by molar-refractivity contribution is 9.10. The van der Waals surface area contributed by atoms with Gasteiger partial charge < -0.3 is 5.32 Å². The Bertz CT molecular complexity index is 1050. The van der Waals surface area contributed by atoms with E-state index >= 15 is 0 Å². The summed E-state index contributed by atoms with van der Waals surface area (Å²) in [6, 6.07) is 4.34. The molecule has 6 nitrogen and oxygen atoms in total. The topological polar surface area (TPSA) is 64.7 Å². The van der Waals surface area contributed by atoms with Gasteiger partial charge in [-0.25, -0.2) is 13.2 Å². The molecule has 0 aliphatic carbocycles. The lowest BCUT2D eigenvalue weighted by Gasteiger charge is -2.06. The highest BCUT2D eigenvalue weighted by atomic mass is 79.9. The Morgan fingerprint density at radius 1 is 1.31 bits per heavy atom. The van der Waals surface area contributed by atoms with E-state index in [9.17, 15) is 18.0 Å². The molecule has 0 aliphatic rings. The zero-order valence-corrected chi connectivity index (χ0v) is 17.9. The van der Waals surface area contributed by atoms with Crippen molar-refractivity contribution < 1.29 is 18.0 Å². The number of benzene rings is 1. The Hall–Kier alpha value is -2.04. The molecule has 0 fully saturated rings. The maximum absolute atomic E-state index is 13.9. The van der Waals surface area contributed by atoms with Crippen LogP contribution in [-0.2, 0) is 17.9 Å². The van der Waals surface area contributed by atoms with E-state index in [4.69, 9.17) is 23.2 Å². The number of hydrogen-bond acceptors (Lipinski definition) is 3. The predicted octanol–water partition coefficient (Wildman–Crippen LogP) is 5.22. The van der Waals surface area contributed by atoms with Crippen molar-refractivity contribution in [1.82, 2.24) is 19.6 Å². The largest absolute Gasteiger partial charge is 0.307 e. The molecule has 12 heteroatoms. The Balaban J connectivity index is 1.73. The summed E-state index contributed by atoms with van der Waals surface area (Å²) in [4.78, 5) is 12.3. The molecule has 3 rings (SSSR count). The van der Waals surface area contributed by atoms with Crippen molar-refractivity contribution in [3.63, 3.8) is 0 Å². The number of amides is 1. The number of nitrogens with zero attached hydrogens (tertiary/aromatic N) is 4. The summed E-state index contributed by atoms with van der Waals surface area (Å²) in [6.45, 7) is 1.19. The van der Waals surface area contributed by atoms with Crippen LogP contribution in [0.5, 0.6) is 0 Å². The number of aromatic nitrogens is 4. The van der Waals surface area contributed by atoms with E-state index in [0.29, 0.717) is 4.47 Å². The molecule has 0 atom stereocenters. The number of anilines is 1. The minimum atomic E-state index is -2.85. The van der Waals surface area contributed by atoms with Crippen LogP contribution in [0.4, 0.5) is 19.0 Å². The first kappa shape index (κ1) is 21.7. The molecule has 3 aromatic rings. The fourth-order valence-corrected chi connectivity index (χ4v) is 3.41. The van der Waals surface area contributed by atoms with Crippen LogP contribution in [0.15, 0.2) is 28.9 Å². The lowest BCUT2D eigenvalue weighted by atomic mass is 10.2. The van der Waals surface area contributed by atoms with Gasteiger partial charge in [0.05, 0.1) is 21.7 Å². The minimum Gasteiger partial charge on any atom is -0.307 e. The molecule has 0 saturated heterocycles. The molecule has 0 spiro atoms. The normalized spacial score (nSPS) is 11.3. The van der Waals surface area contributed by atoms with Crippen LogP contribution in [0.1, 0.15) is 23.4 Å². The Morgan fingerprint density at radius 2 is 2.03 bits per heavy atom. The van der Waals surface area contributed by atoms with E-state index in [0.717, 1.165) is 4.68 Å².